The first kappa shape index (κ1) is 122. The van der Waals surface area contributed by atoms with Crippen molar-refractivity contribution in [2.45, 2.75) is 133 Å². The standard InChI is InChI=1S/C27H28O5.C22H22Cl2N2O2.C21H18O3.C16H16O4.C16H14O3.C14H14O2.2CH4.Na.H2O.H2S5/c1-27(2,3)32-23(28)19-30-24(20-13-7-4-8-14-20)25(21-15-9-5-10-16-21)31-26(29)22-17-11-6-12-18-22;1-21(2)19-25(17(13-27-19)15-9-5-3-6-10-15)22(23,24)26-18(14-28-20(21)26)16-11-7-4-8-12-16;22-19(16-10-4-1-5-11-16)20(17-12-6-2-7-13-17)24-21(23)18-14-8-3-9-15-18;17-14(18)11-20-16(13-9-5-2-6-10-13)15(19)12-7-3-1-4-8-12;17-14-11-18-15(12-7-3-1-4-8-12)16(19-14)13-9-5-2-6-10-13;15-13(11-7-3-1-4-8-11)14(16)12-9-5-2-6-10-12;;;;;1-3-5-4-2/h4-18,24-25H,19H2,1-3H3;3-12,17-18H,13-14H2,1-2H3;1-15,19-20,22H;1-10,15-16,19H,11H2,(H,17,18);1-10,15-16H,11H2;1-10,13-16H;2*1H4;;1H2;1-2H/q;+2;;;;;;;+1;;/p-1/t24-,25+;17-,18-;;2*15-,16+;;;;;;/m01.10....../s1. The molecule has 6 N–H and O–H groups in total. The Balaban J connectivity index is 0.000000216. The third-order valence-electron chi connectivity index (χ3n) is 23.0. The maximum absolute atomic E-state index is 12.9. The molecule has 0 saturated carbocycles. The first-order valence-corrected chi connectivity index (χ1v) is 52.7. The minimum absolute atomic E-state index is 0. The zero-order valence-corrected chi connectivity index (χ0v) is 88.8. The van der Waals surface area contributed by atoms with Gasteiger partial charge in [0.1, 0.15) is 68.1 Å². The molecule has 0 aliphatic carbocycles. The van der Waals surface area contributed by atoms with Gasteiger partial charge in [-0.1, -0.05) is 448 Å². The fourth-order valence-electron chi connectivity index (χ4n) is 16.3. The SMILES string of the molecule is C.C.CC(C)(C)OC(=O)CO[C@@H](c1ccccc1)[C@H](OC(=O)c1ccccc1)c1ccccc1.CC1(C)C2=[N+]([C@@H](c3ccccc3)CO2)C(Cl)(Cl)[N+]2=C1OC[C@@H]2c1ccccc1.O=C(O)CO[C@@H](c1ccccc1)[C@H](O)c1ccccc1.O=C(OC(c1ccccc1)C(O)c1ccccc1)c1ccccc1.O=C1CO[C@@H](c2ccccc2)[C@@H](c2ccccc2)O1.OC(c1ccccc1)C(O)c1ccccc1.SSSSS.[Na+].[OH-]. The number of cyclic esters (lactones) is 1. The van der Waals surface area contributed by atoms with E-state index in [2.05, 4.69) is 61.4 Å². The number of hydrogen-bond donors (Lipinski definition) is 7. The van der Waals surface area contributed by atoms with Gasteiger partial charge in [-0.2, -0.15) is 0 Å². The summed E-state index contributed by atoms with van der Waals surface area (Å²) in [6.07, 6.45) is -7.24. The van der Waals surface area contributed by atoms with Gasteiger partial charge in [-0.05, 0) is 144 Å². The number of carbonyl (C=O) groups excluding carboxylic acids is 4. The number of halogens is 2. The van der Waals surface area contributed by atoms with Crippen molar-refractivity contribution in [2.24, 2.45) is 5.41 Å². The van der Waals surface area contributed by atoms with Gasteiger partial charge in [-0.25, -0.2) is 24.0 Å². The average Bonchev–Trinajstić information content (AvgIpc) is 1.53. The van der Waals surface area contributed by atoms with Crippen LogP contribution in [0.15, 0.2) is 425 Å². The predicted molar refractivity (Wildman–Crippen MR) is 587 cm³/mol. The summed E-state index contributed by atoms with van der Waals surface area (Å²) in [6, 6.07) is 131. The molecular weight excluding hydrogens is 2020 g/mol. The van der Waals surface area contributed by atoms with E-state index in [1.54, 1.807) is 118 Å². The van der Waals surface area contributed by atoms with Crippen molar-refractivity contribution in [1.82, 2.24) is 0 Å². The topological polar surface area (TPSA) is 306 Å². The van der Waals surface area contributed by atoms with E-state index in [-0.39, 0.29) is 93.4 Å². The number of carboxylic acids is 1. The number of ether oxygens (including phenoxy) is 9. The number of rotatable bonds is 28. The molecule has 768 valence electrons. The number of hydrogen-bond acceptors (Lipinski definition) is 24. The second-order valence-corrected chi connectivity index (χ2v) is 41.4. The Bertz CT molecular complexity index is 6200. The first-order valence-electron chi connectivity index (χ1n) is 46.3. The molecule has 18 rings (SSSR count). The number of alkyl halides is 2. The maximum atomic E-state index is 12.9. The maximum Gasteiger partial charge on any atom is 1.00 e. The molecule has 14 aromatic carbocycles. The Morgan fingerprint density at radius 1 is 0.392 bits per heavy atom. The van der Waals surface area contributed by atoms with Crippen LogP contribution in [0.25, 0.3) is 0 Å². The molecule has 0 aromatic heterocycles. The normalized spacial score (nSPS) is 16.7. The number of carbonyl (C=O) groups is 5. The molecule has 4 aliphatic rings. The number of thiol groups is 2. The van der Waals surface area contributed by atoms with Crippen LogP contribution >= 0.6 is 76.0 Å². The van der Waals surface area contributed by atoms with Gasteiger partial charge in [-0.3, -0.25) is 0 Å². The van der Waals surface area contributed by atoms with Crippen molar-refractivity contribution in [2.75, 3.05) is 33.0 Å². The van der Waals surface area contributed by atoms with Crippen molar-refractivity contribution in [3.8, 4) is 0 Å². The van der Waals surface area contributed by atoms with Crippen molar-refractivity contribution in [3.05, 3.63) is 503 Å². The number of nitrogens with zero attached hydrogens (tertiary/aromatic N) is 2. The van der Waals surface area contributed by atoms with E-state index in [0.29, 0.717) is 35.5 Å². The van der Waals surface area contributed by atoms with Gasteiger partial charge in [0.25, 0.3) is 0 Å². The van der Waals surface area contributed by atoms with E-state index in [1.165, 1.54) is 29.5 Å². The largest absolute Gasteiger partial charge is 1.00 e. The molecule has 0 bridgehead atoms. The van der Waals surface area contributed by atoms with Crippen LogP contribution in [-0.2, 0) is 57.0 Å². The summed E-state index contributed by atoms with van der Waals surface area (Å²) in [7, 11) is 4.32. The van der Waals surface area contributed by atoms with Crippen molar-refractivity contribution >= 4 is 118 Å². The summed E-state index contributed by atoms with van der Waals surface area (Å²) in [5.41, 5.74) is 9.87. The van der Waals surface area contributed by atoms with Crippen LogP contribution < -0.4 is 29.6 Å². The van der Waals surface area contributed by atoms with Gasteiger partial charge in [0.15, 0.2) is 31.5 Å². The second kappa shape index (κ2) is 62.1. The van der Waals surface area contributed by atoms with Crippen LogP contribution in [0.5, 0.6) is 0 Å². The number of aliphatic hydroxyl groups is 4. The molecular formula is C118H123Cl2N2NaO20S5+2. The Morgan fingerprint density at radius 3 is 0.986 bits per heavy atom. The van der Waals surface area contributed by atoms with Gasteiger partial charge in [-0.15, -0.1) is 0 Å². The molecule has 0 radical (unpaired) electrons. The number of aliphatic carboxylic acids is 1. The minimum atomic E-state index is -1.33. The number of carboxylic acid groups (broad SMARTS) is 1. The predicted octanol–water partition coefficient (Wildman–Crippen LogP) is 23.3. The van der Waals surface area contributed by atoms with E-state index in [4.69, 9.17) is 70.9 Å². The molecule has 4 heterocycles. The number of aliphatic hydroxyl groups excluding tert-OH is 4. The summed E-state index contributed by atoms with van der Waals surface area (Å²) >= 11 is 21.8. The monoisotopic (exact) mass is 2140 g/mol. The van der Waals surface area contributed by atoms with Crippen LogP contribution in [0, 0.1) is 5.41 Å². The molecule has 1 saturated heterocycles. The zero-order valence-electron chi connectivity index (χ0n) is 81.0. The Hall–Kier alpha value is -11.6. The molecule has 14 aromatic rings. The molecule has 148 heavy (non-hydrogen) atoms. The minimum Gasteiger partial charge on any atom is -0.870 e. The average molecular weight is 2140 g/mol. The van der Waals surface area contributed by atoms with Gasteiger partial charge in [0.2, 0.25) is 17.5 Å². The summed E-state index contributed by atoms with van der Waals surface area (Å²) in [5.74, 6) is -1.29. The van der Waals surface area contributed by atoms with Gasteiger partial charge in [0, 0.05) is 11.1 Å². The molecule has 0 amide bonds. The van der Waals surface area contributed by atoms with Gasteiger partial charge < -0.3 is 73.6 Å². The first-order chi connectivity index (χ1) is 69.7. The zero-order chi connectivity index (χ0) is 102. The molecule has 4 unspecified atom stereocenters. The fourth-order valence-corrected chi connectivity index (χ4v) is 20.3. The van der Waals surface area contributed by atoms with Crippen LogP contribution in [0.4, 0.5) is 0 Å². The van der Waals surface area contributed by atoms with Crippen LogP contribution in [0.2, 0.25) is 0 Å². The number of benzene rings is 14. The molecule has 22 nitrogen and oxygen atoms in total. The summed E-state index contributed by atoms with van der Waals surface area (Å²) in [5, 5.41) is 49.9. The van der Waals surface area contributed by atoms with Gasteiger partial charge >= 0.3 is 75.8 Å². The van der Waals surface area contributed by atoms with E-state index in [0.717, 1.165) is 67.4 Å². The fraction of sp³-hybridized carbons (Fsp3) is 0.229. The quantitative estimate of drug-likeness (QED) is 0.00350. The molecule has 12 atom stereocenters. The van der Waals surface area contributed by atoms with Crippen molar-refractivity contribution in [3.63, 3.8) is 0 Å². The number of esters is 4. The summed E-state index contributed by atoms with van der Waals surface area (Å²) in [6.45, 7) is 9.87. The smallest absolute Gasteiger partial charge is 0.870 e. The van der Waals surface area contributed by atoms with Gasteiger partial charge in [0.05, 0.1) is 34.3 Å². The Morgan fingerprint density at radius 2 is 0.662 bits per heavy atom. The second-order valence-electron chi connectivity index (χ2n) is 34.5. The van der Waals surface area contributed by atoms with E-state index in [1.807, 2.05) is 312 Å². The summed E-state index contributed by atoms with van der Waals surface area (Å²) in [4.78, 5) is 59.9. The Labute approximate surface area is 919 Å². The molecule has 4 aliphatic heterocycles. The summed E-state index contributed by atoms with van der Waals surface area (Å²) < 4.78 is 54.6. The third-order valence-corrected chi connectivity index (χ3v) is 28.6. The van der Waals surface area contributed by atoms with E-state index < -0.39 is 94.9 Å². The van der Waals surface area contributed by atoms with Crippen LogP contribution in [-0.4, -0.2) is 125 Å². The third kappa shape index (κ3) is 35.3. The molecule has 1 fully saturated rings. The van der Waals surface area contributed by atoms with E-state index >= 15 is 0 Å². The van der Waals surface area contributed by atoms with Crippen molar-refractivity contribution < 1.29 is 136 Å². The van der Waals surface area contributed by atoms with E-state index in [9.17, 15) is 44.4 Å². The Kier molecular flexibility index (Phi) is 51.0. The molecule has 0 spiro atoms. The van der Waals surface area contributed by atoms with Crippen LogP contribution in [0.3, 0.4) is 0 Å². The van der Waals surface area contributed by atoms with Crippen molar-refractivity contribution in [1.29, 1.82) is 0 Å². The van der Waals surface area contributed by atoms with Crippen LogP contribution in [0.1, 0.15) is 210 Å². The molecule has 30 heteroatoms.